The van der Waals surface area contributed by atoms with Gasteiger partial charge in [0.1, 0.15) is 0 Å². The summed E-state index contributed by atoms with van der Waals surface area (Å²) in [4.78, 5) is 27.2. The van der Waals surface area contributed by atoms with Crippen LogP contribution in [0.2, 0.25) is 5.02 Å². The van der Waals surface area contributed by atoms with Crippen molar-refractivity contribution >= 4 is 35.2 Å². The van der Waals surface area contributed by atoms with Crippen molar-refractivity contribution in [3.05, 3.63) is 70.8 Å². The number of carboxylic acids is 1. The normalized spacial score (nSPS) is 14.6. The van der Waals surface area contributed by atoms with Crippen molar-refractivity contribution in [2.75, 3.05) is 31.1 Å². The zero-order valence-corrected chi connectivity index (χ0v) is 15.6. The van der Waals surface area contributed by atoms with E-state index in [1.165, 1.54) is 0 Å². The number of aliphatic carboxylic acids is 1. The van der Waals surface area contributed by atoms with Crippen LogP contribution < -0.4 is 4.90 Å². The number of halogens is 1. The van der Waals surface area contributed by atoms with E-state index in [0.717, 1.165) is 29.9 Å². The Morgan fingerprint density at radius 1 is 0.963 bits per heavy atom. The zero-order chi connectivity index (χ0) is 19.2. The highest BCUT2D eigenvalue weighted by Crippen LogP contribution is 2.18. The molecule has 0 atom stereocenters. The van der Waals surface area contributed by atoms with Gasteiger partial charge in [0.25, 0.3) is 0 Å². The first-order valence-electron chi connectivity index (χ1n) is 8.79. The molecule has 3 rings (SSSR count). The molecule has 1 N–H and O–H groups in total. The molecule has 1 aliphatic heterocycles. The smallest absolute Gasteiger partial charge is 0.307 e. The maximum Gasteiger partial charge on any atom is 0.307 e. The van der Waals surface area contributed by atoms with Crippen LogP contribution in [-0.2, 0) is 16.0 Å². The molecule has 5 nitrogen and oxygen atoms in total. The quantitative estimate of drug-likeness (QED) is 0.803. The molecular weight excluding hydrogens is 364 g/mol. The second-order valence-corrected chi connectivity index (χ2v) is 6.87. The lowest BCUT2D eigenvalue weighted by molar-refractivity contribution is -0.136. The lowest BCUT2D eigenvalue weighted by Crippen LogP contribution is -2.48. The number of hydrogen-bond acceptors (Lipinski definition) is 3. The predicted molar refractivity (Wildman–Crippen MR) is 107 cm³/mol. The van der Waals surface area contributed by atoms with Gasteiger partial charge >= 0.3 is 5.97 Å². The first kappa shape index (κ1) is 19.0. The van der Waals surface area contributed by atoms with Crippen LogP contribution >= 0.6 is 11.6 Å². The number of amides is 1. The average molecular weight is 385 g/mol. The number of benzene rings is 2. The van der Waals surface area contributed by atoms with E-state index < -0.39 is 5.97 Å². The number of carbonyl (C=O) groups is 2. The van der Waals surface area contributed by atoms with Crippen LogP contribution in [0.15, 0.2) is 54.6 Å². The van der Waals surface area contributed by atoms with Gasteiger partial charge in [0, 0.05) is 43.0 Å². The van der Waals surface area contributed by atoms with Crippen LogP contribution in [0.3, 0.4) is 0 Å². The van der Waals surface area contributed by atoms with Gasteiger partial charge in [0.2, 0.25) is 5.91 Å². The Kier molecular flexibility index (Phi) is 6.14. The maximum atomic E-state index is 12.4. The van der Waals surface area contributed by atoms with Gasteiger partial charge in [-0.3, -0.25) is 9.59 Å². The van der Waals surface area contributed by atoms with Crippen molar-refractivity contribution in [1.82, 2.24) is 4.90 Å². The summed E-state index contributed by atoms with van der Waals surface area (Å²) in [6.45, 7) is 2.80. The van der Waals surface area contributed by atoms with Crippen LogP contribution in [0.25, 0.3) is 6.08 Å². The summed E-state index contributed by atoms with van der Waals surface area (Å²) in [7, 11) is 0. The largest absolute Gasteiger partial charge is 0.481 e. The van der Waals surface area contributed by atoms with Gasteiger partial charge in [-0.2, -0.15) is 0 Å². The molecule has 1 heterocycles. The zero-order valence-electron chi connectivity index (χ0n) is 14.8. The van der Waals surface area contributed by atoms with E-state index in [9.17, 15) is 9.59 Å². The number of hydrogen-bond donors (Lipinski definition) is 1. The summed E-state index contributed by atoms with van der Waals surface area (Å²) < 4.78 is 0. The fourth-order valence-corrected chi connectivity index (χ4v) is 3.16. The van der Waals surface area contributed by atoms with Gasteiger partial charge in [0.05, 0.1) is 6.42 Å². The molecule has 0 aliphatic carbocycles. The number of carboxylic acid groups (broad SMARTS) is 1. The topological polar surface area (TPSA) is 60.9 Å². The molecule has 27 heavy (non-hydrogen) atoms. The van der Waals surface area contributed by atoms with E-state index in [0.29, 0.717) is 18.1 Å². The predicted octanol–water partition coefficient (Wildman–Crippen LogP) is 3.33. The number of piperazine rings is 1. The molecule has 0 radical (unpaired) electrons. The highest BCUT2D eigenvalue weighted by Gasteiger charge is 2.19. The Balaban J connectivity index is 1.52. The molecule has 2 aromatic rings. The van der Waals surface area contributed by atoms with Crippen LogP contribution in [0.5, 0.6) is 0 Å². The second-order valence-electron chi connectivity index (χ2n) is 6.43. The minimum absolute atomic E-state index is 0.00130. The molecule has 0 bridgehead atoms. The maximum absolute atomic E-state index is 12.4. The standard InChI is InChI=1S/C21H21ClN2O3/c22-18-6-1-16(2-7-18)5-10-20(25)24-13-11-23(12-14-24)19-8-3-17(4-9-19)15-21(26)27/h1-10H,11-15H2,(H,26,27)/b10-5+. The Labute approximate surface area is 163 Å². The van der Waals surface area contributed by atoms with Gasteiger partial charge in [-0.05, 0) is 41.5 Å². The highest BCUT2D eigenvalue weighted by molar-refractivity contribution is 6.30. The van der Waals surface area contributed by atoms with E-state index in [2.05, 4.69) is 4.90 Å². The van der Waals surface area contributed by atoms with E-state index in [1.54, 1.807) is 24.3 Å². The molecule has 0 unspecified atom stereocenters. The fourth-order valence-electron chi connectivity index (χ4n) is 3.03. The molecule has 140 valence electrons. The van der Waals surface area contributed by atoms with Crippen molar-refractivity contribution < 1.29 is 14.7 Å². The van der Waals surface area contributed by atoms with Crippen LogP contribution in [0, 0.1) is 0 Å². The number of carbonyl (C=O) groups excluding carboxylic acids is 1. The SMILES string of the molecule is O=C(O)Cc1ccc(N2CCN(C(=O)/C=C/c3ccc(Cl)cc3)CC2)cc1. The van der Waals surface area contributed by atoms with Gasteiger partial charge in [-0.15, -0.1) is 0 Å². The third kappa shape index (κ3) is 5.34. The minimum Gasteiger partial charge on any atom is -0.481 e. The molecule has 1 amide bonds. The molecule has 0 saturated carbocycles. The van der Waals surface area contributed by atoms with E-state index in [-0.39, 0.29) is 12.3 Å². The van der Waals surface area contributed by atoms with Gasteiger partial charge in [0.15, 0.2) is 0 Å². The Morgan fingerprint density at radius 2 is 1.59 bits per heavy atom. The van der Waals surface area contributed by atoms with Crippen LogP contribution in [0.4, 0.5) is 5.69 Å². The lowest BCUT2D eigenvalue weighted by atomic mass is 10.1. The third-order valence-electron chi connectivity index (χ3n) is 4.54. The Morgan fingerprint density at radius 3 is 2.19 bits per heavy atom. The van der Waals surface area contributed by atoms with Gasteiger partial charge in [-0.25, -0.2) is 0 Å². The molecule has 1 aliphatic rings. The summed E-state index contributed by atoms with van der Waals surface area (Å²) >= 11 is 5.86. The minimum atomic E-state index is -0.832. The summed E-state index contributed by atoms with van der Waals surface area (Å²) in [5.74, 6) is -0.831. The first-order valence-corrected chi connectivity index (χ1v) is 9.17. The first-order chi connectivity index (χ1) is 13.0. The van der Waals surface area contributed by atoms with Gasteiger partial charge < -0.3 is 14.9 Å². The van der Waals surface area contributed by atoms with E-state index >= 15 is 0 Å². The molecule has 6 heteroatoms. The molecule has 1 fully saturated rings. The fraction of sp³-hybridized carbons (Fsp3) is 0.238. The van der Waals surface area contributed by atoms with Crippen molar-refractivity contribution in [3.63, 3.8) is 0 Å². The number of nitrogens with zero attached hydrogens (tertiary/aromatic N) is 2. The van der Waals surface area contributed by atoms with Crippen LogP contribution in [-0.4, -0.2) is 48.1 Å². The number of rotatable bonds is 5. The summed E-state index contributed by atoms with van der Waals surface area (Å²) in [6.07, 6.45) is 3.42. The molecule has 0 aromatic heterocycles. The van der Waals surface area contributed by atoms with E-state index in [1.807, 2.05) is 41.3 Å². The lowest BCUT2D eigenvalue weighted by Gasteiger charge is -2.35. The third-order valence-corrected chi connectivity index (χ3v) is 4.79. The van der Waals surface area contributed by atoms with Crippen LogP contribution in [0.1, 0.15) is 11.1 Å². The van der Waals surface area contributed by atoms with Crippen molar-refractivity contribution in [2.45, 2.75) is 6.42 Å². The molecule has 1 saturated heterocycles. The summed E-state index contributed by atoms with van der Waals surface area (Å²) in [5.41, 5.74) is 2.77. The Hall–Kier alpha value is -2.79. The summed E-state index contributed by atoms with van der Waals surface area (Å²) in [6, 6.07) is 14.9. The summed E-state index contributed by atoms with van der Waals surface area (Å²) in [5, 5.41) is 9.51. The van der Waals surface area contributed by atoms with Crippen molar-refractivity contribution in [1.29, 1.82) is 0 Å². The van der Waals surface area contributed by atoms with Gasteiger partial charge in [-0.1, -0.05) is 35.9 Å². The van der Waals surface area contributed by atoms with Crippen molar-refractivity contribution in [3.8, 4) is 0 Å². The average Bonchev–Trinajstić information content (AvgIpc) is 2.67. The van der Waals surface area contributed by atoms with E-state index in [4.69, 9.17) is 16.7 Å². The Bertz CT molecular complexity index is 824. The number of anilines is 1. The molecule has 2 aromatic carbocycles. The molecular formula is C21H21ClN2O3. The van der Waals surface area contributed by atoms with Crippen molar-refractivity contribution in [2.24, 2.45) is 0 Å². The monoisotopic (exact) mass is 384 g/mol. The highest BCUT2D eigenvalue weighted by atomic mass is 35.5. The molecule has 0 spiro atoms. The second kappa shape index (κ2) is 8.73.